The molecular weight excluding hydrogens is 516 g/mol. The first kappa shape index (κ1) is 26.4. The normalized spacial score (nSPS) is 12.0. The minimum absolute atomic E-state index is 0.151. The van der Waals surface area contributed by atoms with Gasteiger partial charge in [-0.2, -0.15) is 0 Å². The van der Waals surface area contributed by atoms with Gasteiger partial charge >= 0.3 is 11.9 Å². The largest absolute Gasteiger partial charge is 0.462 e. The zero-order chi connectivity index (χ0) is 25.8. The smallest absolute Gasteiger partial charge is 0.341 e. The van der Waals surface area contributed by atoms with Gasteiger partial charge in [0.15, 0.2) is 6.10 Å². The molecule has 1 atom stereocenters. The van der Waals surface area contributed by atoms with Crippen LogP contribution in [0, 0.1) is 0 Å². The monoisotopic (exact) mass is 536 g/mol. The van der Waals surface area contributed by atoms with Crippen LogP contribution < -0.4 is 10.5 Å². The van der Waals surface area contributed by atoms with Crippen LogP contribution in [0.1, 0.15) is 34.6 Å². The fourth-order valence-corrected chi connectivity index (χ4v) is 5.06. The van der Waals surface area contributed by atoms with E-state index in [0.717, 1.165) is 16.5 Å². The first-order valence-electron chi connectivity index (χ1n) is 10.2. The van der Waals surface area contributed by atoms with Crippen molar-refractivity contribution in [2.75, 3.05) is 11.9 Å². The van der Waals surface area contributed by atoms with E-state index >= 15 is 0 Å². The van der Waals surface area contributed by atoms with E-state index in [1.807, 2.05) is 30.3 Å². The topological polar surface area (TPSA) is 142 Å². The average Bonchev–Trinajstić information content (AvgIpc) is 3.23. The number of halogens is 1. The highest BCUT2D eigenvalue weighted by Gasteiger charge is 2.25. The van der Waals surface area contributed by atoms with E-state index in [2.05, 4.69) is 5.32 Å². The maximum Gasteiger partial charge on any atom is 0.341 e. The van der Waals surface area contributed by atoms with Gasteiger partial charge in [-0.05, 0) is 43.7 Å². The van der Waals surface area contributed by atoms with E-state index in [-0.39, 0.29) is 27.8 Å². The Balaban J connectivity index is 1.80. The van der Waals surface area contributed by atoms with Crippen LogP contribution in [0.3, 0.4) is 0 Å². The Labute approximate surface area is 210 Å². The second kappa shape index (κ2) is 11.0. The zero-order valence-electron chi connectivity index (χ0n) is 18.6. The molecule has 0 bridgehead atoms. The lowest BCUT2D eigenvalue weighted by atomic mass is 10.1. The zero-order valence-corrected chi connectivity index (χ0v) is 21.0. The van der Waals surface area contributed by atoms with Crippen LogP contribution in [-0.4, -0.2) is 39.0 Å². The predicted molar refractivity (Wildman–Crippen MR) is 132 cm³/mol. The van der Waals surface area contributed by atoms with E-state index in [0.29, 0.717) is 0 Å². The van der Waals surface area contributed by atoms with Crippen LogP contribution in [-0.2, 0) is 24.3 Å². The Bertz CT molecular complexity index is 1370. The number of nitrogens with one attached hydrogen (secondary N) is 1. The second-order valence-corrected chi connectivity index (χ2v) is 10.2. The summed E-state index contributed by atoms with van der Waals surface area (Å²) in [5, 5.41) is 7.78. The second-order valence-electron chi connectivity index (χ2n) is 7.17. The fourth-order valence-electron chi connectivity index (χ4n) is 2.93. The molecule has 184 valence electrons. The summed E-state index contributed by atoms with van der Waals surface area (Å²) in [6.07, 6.45) is -1.28. The molecular formula is C23H21ClN2O7S2. The van der Waals surface area contributed by atoms with Crippen LogP contribution in [0.25, 0.3) is 10.4 Å². The number of anilines is 1. The number of benzene rings is 2. The molecule has 0 aliphatic rings. The van der Waals surface area contributed by atoms with E-state index in [1.54, 1.807) is 13.0 Å². The summed E-state index contributed by atoms with van der Waals surface area (Å²) in [7, 11) is -4.17. The Kier molecular flexibility index (Phi) is 8.28. The number of hydrogen-bond donors (Lipinski definition) is 2. The maximum absolute atomic E-state index is 12.8. The third-order valence-electron chi connectivity index (χ3n) is 4.65. The number of carbonyl (C=O) groups is 3. The first-order chi connectivity index (χ1) is 16.5. The highest BCUT2D eigenvalue weighted by molar-refractivity contribution is 7.89. The molecule has 0 aliphatic heterocycles. The van der Waals surface area contributed by atoms with Crippen molar-refractivity contribution < 1.29 is 32.3 Å². The Morgan fingerprint density at radius 3 is 2.40 bits per heavy atom. The summed E-state index contributed by atoms with van der Waals surface area (Å²) < 4.78 is 33.5. The highest BCUT2D eigenvalue weighted by Crippen LogP contribution is 2.36. The lowest BCUT2D eigenvalue weighted by molar-refractivity contribution is -0.123. The molecule has 0 saturated heterocycles. The summed E-state index contributed by atoms with van der Waals surface area (Å²) in [4.78, 5) is 38.0. The van der Waals surface area contributed by atoms with Gasteiger partial charge in [0, 0.05) is 4.88 Å². The quantitative estimate of drug-likeness (QED) is 0.413. The molecule has 0 fully saturated rings. The van der Waals surface area contributed by atoms with E-state index in [1.165, 1.54) is 30.4 Å². The molecule has 12 heteroatoms. The molecule has 3 rings (SSSR count). The number of primary sulfonamides is 1. The van der Waals surface area contributed by atoms with Crippen molar-refractivity contribution in [3.63, 3.8) is 0 Å². The van der Waals surface area contributed by atoms with Gasteiger partial charge in [-0.25, -0.2) is 23.1 Å². The predicted octanol–water partition coefficient (Wildman–Crippen LogP) is 4.08. The van der Waals surface area contributed by atoms with Gasteiger partial charge in [-0.1, -0.05) is 41.9 Å². The van der Waals surface area contributed by atoms with Crippen LogP contribution in [0.15, 0.2) is 59.5 Å². The molecule has 0 spiro atoms. The summed E-state index contributed by atoms with van der Waals surface area (Å²) >= 11 is 6.99. The molecule has 1 aromatic heterocycles. The summed E-state index contributed by atoms with van der Waals surface area (Å²) in [6.45, 7) is 3.15. The summed E-state index contributed by atoms with van der Waals surface area (Å²) in [6, 6.07) is 14.3. The molecule has 3 N–H and O–H groups in total. The van der Waals surface area contributed by atoms with Crippen LogP contribution >= 0.6 is 22.9 Å². The number of esters is 2. The van der Waals surface area contributed by atoms with E-state index in [4.69, 9.17) is 26.2 Å². The van der Waals surface area contributed by atoms with Crippen molar-refractivity contribution in [3.05, 3.63) is 70.7 Å². The Morgan fingerprint density at radius 2 is 1.77 bits per heavy atom. The van der Waals surface area contributed by atoms with Crippen LogP contribution in [0.4, 0.5) is 5.00 Å². The number of amides is 1. The van der Waals surface area contributed by atoms with Gasteiger partial charge in [0.1, 0.15) is 9.90 Å². The molecule has 0 aliphatic carbocycles. The maximum atomic E-state index is 12.8. The van der Waals surface area contributed by atoms with E-state index < -0.39 is 38.9 Å². The third-order valence-corrected chi connectivity index (χ3v) is 7.14. The number of carbonyl (C=O) groups excluding carboxylic acids is 3. The highest BCUT2D eigenvalue weighted by atomic mass is 35.5. The third kappa shape index (κ3) is 6.45. The lowest BCUT2D eigenvalue weighted by Gasteiger charge is -2.14. The standard InChI is InChI=1S/C23H21ClN2O7S2/c1-3-32-23(29)16-12-18(14-7-5-4-6-8-14)34-21(16)26-20(27)13(2)33-22(28)15-9-10-17(24)19(11-15)35(25,30)31/h4-13H,3H2,1-2H3,(H,26,27)(H2,25,30,31). The molecule has 35 heavy (non-hydrogen) atoms. The van der Waals surface area contributed by atoms with Crippen molar-refractivity contribution in [1.29, 1.82) is 0 Å². The van der Waals surface area contributed by atoms with Crippen LogP contribution in [0.2, 0.25) is 5.02 Å². The van der Waals surface area contributed by atoms with Crippen molar-refractivity contribution in [1.82, 2.24) is 0 Å². The number of hydrogen-bond acceptors (Lipinski definition) is 8. The number of thiophene rings is 1. The molecule has 1 heterocycles. The first-order valence-corrected chi connectivity index (χ1v) is 13.0. The van der Waals surface area contributed by atoms with Gasteiger partial charge in [-0.15, -0.1) is 11.3 Å². The summed E-state index contributed by atoms with van der Waals surface area (Å²) in [5.41, 5.74) is 0.849. The SMILES string of the molecule is CCOC(=O)c1cc(-c2ccccc2)sc1NC(=O)C(C)OC(=O)c1ccc(Cl)c(S(N)(=O)=O)c1. The van der Waals surface area contributed by atoms with Crippen molar-refractivity contribution in [2.45, 2.75) is 24.8 Å². The van der Waals surface area contributed by atoms with Crippen molar-refractivity contribution in [3.8, 4) is 10.4 Å². The van der Waals surface area contributed by atoms with Gasteiger partial charge in [0.25, 0.3) is 5.91 Å². The minimum Gasteiger partial charge on any atom is -0.462 e. The molecule has 1 unspecified atom stereocenters. The van der Waals surface area contributed by atoms with Gasteiger partial charge in [0.2, 0.25) is 10.0 Å². The number of rotatable bonds is 8. The van der Waals surface area contributed by atoms with Crippen molar-refractivity contribution in [2.24, 2.45) is 5.14 Å². The average molecular weight is 537 g/mol. The molecule has 0 saturated carbocycles. The molecule has 1 amide bonds. The Hall–Kier alpha value is -3.25. The number of nitrogens with two attached hydrogens (primary N) is 1. The molecule has 9 nitrogen and oxygen atoms in total. The number of sulfonamides is 1. The minimum atomic E-state index is -4.17. The molecule has 3 aromatic rings. The number of ether oxygens (including phenoxy) is 2. The van der Waals surface area contributed by atoms with Gasteiger partial charge in [-0.3, -0.25) is 4.79 Å². The molecule has 0 radical (unpaired) electrons. The van der Waals surface area contributed by atoms with Gasteiger partial charge in [0.05, 0.1) is 22.8 Å². The summed E-state index contributed by atoms with van der Waals surface area (Å²) in [5.74, 6) is -2.27. The Morgan fingerprint density at radius 1 is 1.09 bits per heavy atom. The fraction of sp³-hybridized carbons (Fsp3) is 0.174. The lowest BCUT2D eigenvalue weighted by Crippen LogP contribution is -2.30. The molecule has 2 aromatic carbocycles. The van der Waals surface area contributed by atoms with Gasteiger partial charge < -0.3 is 14.8 Å². The van der Waals surface area contributed by atoms with E-state index in [9.17, 15) is 22.8 Å². The van der Waals surface area contributed by atoms with Crippen LogP contribution in [0.5, 0.6) is 0 Å². The van der Waals surface area contributed by atoms with Crippen molar-refractivity contribution >= 4 is 55.8 Å².